The summed E-state index contributed by atoms with van der Waals surface area (Å²) in [4.78, 5) is 12.9. The number of aliphatic hydroxyl groups excluding tert-OH is 5. The zero-order chi connectivity index (χ0) is 33.5. The lowest BCUT2D eigenvalue weighted by Gasteiger charge is -2.46. The lowest BCUT2D eigenvalue weighted by atomic mass is 9.97. The average Bonchev–Trinajstić information content (AvgIpc) is 3.04. The third-order valence-corrected chi connectivity index (χ3v) is 7.68. The molecule has 7 N–H and O–H groups in total. The maximum atomic E-state index is 12.9. The monoisotopic (exact) mass is 652 g/mol. The number of phenolic OH excluding ortho intramolecular Hbond substituents is 2. The number of rotatable bonds is 12. The van der Waals surface area contributed by atoms with E-state index >= 15 is 0 Å². The number of aromatic hydroxyl groups is 2. The van der Waals surface area contributed by atoms with E-state index < -0.39 is 74.0 Å². The molecule has 2 aromatic rings. The fourth-order valence-electron chi connectivity index (χ4n) is 5.09. The topological polar surface area (TPSA) is 223 Å². The van der Waals surface area contributed by atoms with Gasteiger partial charge in [-0.05, 0) is 54.8 Å². The van der Waals surface area contributed by atoms with Crippen molar-refractivity contribution < 1.29 is 73.7 Å². The van der Waals surface area contributed by atoms with Crippen LogP contribution in [0.15, 0.2) is 42.5 Å². The van der Waals surface area contributed by atoms with Crippen LogP contribution in [-0.4, -0.2) is 131 Å². The predicted octanol–water partition coefficient (Wildman–Crippen LogP) is -0.410. The van der Waals surface area contributed by atoms with Crippen LogP contribution in [-0.2, 0) is 34.9 Å². The van der Waals surface area contributed by atoms with Crippen LogP contribution in [0.4, 0.5) is 0 Å². The summed E-state index contributed by atoms with van der Waals surface area (Å²) in [7, 11) is 2.81. The minimum Gasteiger partial charge on any atom is -0.504 e. The fourth-order valence-corrected chi connectivity index (χ4v) is 5.09. The zero-order valence-corrected chi connectivity index (χ0v) is 25.4. The Kier molecular flexibility index (Phi) is 12.2. The van der Waals surface area contributed by atoms with E-state index in [0.717, 1.165) is 6.08 Å². The van der Waals surface area contributed by atoms with Crippen LogP contribution in [0.5, 0.6) is 23.0 Å². The molecule has 0 spiro atoms. The molecule has 4 rings (SSSR count). The Morgan fingerprint density at radius 1 is 0.848 bits per heavy atom. The third kappa shape index (κ3) is 8.25. The summed E-state index contributed by atoms with van der Waals surface area (Å²) in [5.74, 6) is -0.637. The predicted molar refractivity (Wildman–Crippen MR) is 157 cm³/mol. The van der Waals surface area contributed by atoms with Crippen molar-refractivity contribution in [2.75, 3.05) is 27.4 Å². The van der Waals surface area contributed by atoms with E-state index in [2.05, 4.69) is 0 Å². The second-order valence-corrected chi connectivity index (χ2v) is 10.8. The molecule has 15 heteroatoms. The zero-order valence-electron chi connectivity index (χ0n) is 25.4. The van der Waals surface area contributed by atoms with E-state index in [4.69, 9.17) is 33.2 Å². The molecule has 2 saturated heterocycles. The van der Waals surface area contributed by atoms with E-state index in [1.165, 1.54) is 45.4 Å². The summed E-state index contributed by atoms with van der Waals surface area (Å²) >= 11 is 0. The summed E-state index contributed by atoms with van der Waals surface area (Å²) in [5, 5.41) is 72.5. The molecule has 0 aromatic heterocycles. The van der Waals surface area contributed by atoms with E-state index in [1.807, 2.05) is 0 Å². The summed E-state index contributed by atoms with van der Waals surface area (Å²) in [5.41, 5.74) is 1.11. The summed E-state index contributed by atoms with van der Waals surface area (Å²) in [6.45, 7) is 0.707. The molecule has 0 aliphatic carbocycles. The highest BCUT2D eigenvalue weighted by Crippen LogP contribution is 2.32. The molecular weight excluding hydrogens is 612 g/mol. The Bertz CT molecular complexity index is 1340. The minimum absolute atomic E-state index is 0.0231. The Hall–Kier alpha value is -3.51. The van der Waals surface area contributed by atoms with E-state index in [-0.39, 0.29) is 36.0 Å². The Labute approximate surface area is 264 Å². The largest absolute Gasteiger partial charge is 0.504 e. The number of ether oxygens (including phenoxy) is 7. The van der Waals surface area contributed by atoms with Gasteiger partial charge in [0.05, 0.1) is 33.5 Å². The quantitative estimate of drug-likeness (QED) is 0.114. The molecule has 10 atom stereocenters. The standard InChI is InChI=1S/C31H40O15/c1-15-24(36)25(37)26(38)31(43-15)46-29-27(39)30(42-11-10-17-5-8-21(41-3)19(34)13-17)44-22(14-32)28(29)45-23(35)9-6-16-4-7-20(40-2)18(33)12-16/h4-9,12-13,15,22,24-34,36-39H,10-11,14H2,1-3H3/b9-6+/t15-,22-,24+,25+,26+,27+,28-,29-,30+,31-/m0/s1. The highest BCUT2D eigenvalue weighted by Gasteiger charge is 2.52. The van der Waals surface area contributed by atoms with E-state index in [9.17, 15) is 40.5 Å². The fraction of sp³-hybridized carbons (Fsp3) is 0.516. The average molecular weight is 653 g/mol. The summed E-state index contributed by atoms with van der Waals surface area (Å²) < 4.78 is 38.5. The van der Waals surface area contributed by atoms with Crippen molar-refractivity contribution in [3.8, 4) is 23.0 Å². The number of carbonyl (C=O) groups is 1. The SMILES string of the molecule is COc1ccc(/C=C/C(=O)O[C@@H]2[C@@H](O[C@@H]3O[C@@H](C)[C@@H](O)[C@@H](O)[C@H]3O)[C@@H](O)[C@H](OCCc3ccc(OC)c(O)c3)O[C@H]2CO)cc1O. The van der Waals surface area contributed by atoms with Crippen LogP contribution < -0.4 is 9.47 Å². The second-order valence-electron chi connectivity index (χ2n) is 10.8. The van der Waals surface area contributed by atoms with Crippen LogP contribution in [0.25, 0.3) is 6.08 Å². The maximum absolute atomic E-state index is 12.9. The van der Waals surface area contributed by atoms with E-state index in [0.29, 0.717) is 11.1 Å². The van der Waals surface area contributed by atoms with Gasteiger partial charge in [-0.3, -0.25) is 0 Å². The van der Waals surface area contributed by atoms with Crippen molar-refractivity contribution in [1.29, 1.82) is 0 Å². The van der Waals surface area contributed by atoms with Gasteiger partial charge in [-0.2, -0.15) is 0 Å². The lowest BCUT2D eigenvalue weighted by molar-refractivity contribution is -0.357. The molecule has 46 heavy (non-hydrogen) atoms. The highest BCUT2D eigenvalue weighted by atomic mass is 16.7. The van der Waals surface area contributed by atoms with Gasteiger partial charge in [0.2, 0.25) is 0 Å². The molecular formula is C31H40O15. The molecule has 2 aliphatic heterocycles. The molecule has 0 saturated carbocycles. The molecule has 15 nitrogen and oxygen atoms in total. The molecule has 2 fully saturated rings. The van der Waals surface area contributed by atoms with Gasteiger partial charge >= 0.3 is 5.97 Å². The van der Waals surface area contributed by atoms with Gasteiger partial charge in [0.1, 0.15) is 36.6 Å². The number of hydrogen-bond acceptors (Lipinski definition) is 15. The number of phenols is 2. The summed E-state index contributed by atoms with van der Waals surface area (Å²) in [6, 6.07) is 9.21. The number of hydrogen-bond donors (Lipinski definition) is 7. The Balaban J connectivity index is 1.52. The van der Waals surface area contributed by atoms with Gasteiger partial charge in [0.25, 0.3) is 0 Å². The number of methoxy groups -OCH3 is 2. The van der Waals surface area contributed by atoms with E-state index in [1.54, 1.807) is 18.2 Å². The van der Waals surface area contributed by atoms with Crippen molar-refractivity contribution in [3.05, 3.63) is 53.6 Å². The first-order chi connectivity index (χ1) is 22.0. The van der Waals surface area contributed by atoms with Gasteiger partial charge in [0, 0.05) is 6.08 Å². The molecule has 254 valence electrons. The normalized spacial score (nSPS) is 31.5. The molecule has 0 radical (unpaired) electrons. The molecule has 2 heterocycles. The van der Waals surface area contributed by atoms with Gasteiger partial charge in [-0.15, -0.1) is 0 Å². The van der Waals surface area contributed by atoms with Crippen molar-refractivity contribution >= 4 is 12.0 Å². The van der Waals surface area contributed by atoms with Crippen LogP contribution in [0, 0.1) is 0 Å². The smallest absolute Gasteiger partial charge is 0.331 e. The number of esters is 1. The van der Waals surface area contributed by atoms with Crippen LogP contribution in [0.3, 0.4) is 0 Å². The Morgan fingerprint density at radius 2 is 1.52 bits per heavy atom. The molecule has 0 bridgehead atoms. The van der Waals surface area contributed by atoms with Crippen molar-refractivity contribution in [2.24, 2.45) is 0 Å². The van der Waals surface area contributed by atoms with Gasteiger partial charge < -0.3 is 68.9 Å². The lowest BCUT2D eigenvalue weighted by Crippen LogP contribution is -2.65. The van der Waals surface area contributed by atoms with Crippen molar-refractivity contribution in [2.45, 2.75) is 74.8 Å². The first-order valence-corrected chi connectivity index (χ1v) is 14.5. The maximum Gasteiger partial charge on any atom is 0.331 e. The molecule has 0 amide bonds. The first kappa shape index (κ1) is 35.3. The van der Waals surface area contributed by atoms with Gasteiger partial charge in [0.15, 0.2) is 41.7 Å². The van der Waals surface area contributed by atoms with Gasteiger partial charge in [-0.1, -0.05) is 12.1 Å². The van der Waals surface area contributed by atoms with Gasteiger partial charge in [-0.25, -0.2) is 4.79 Å². The van der Waals surface area contributed by atoms with Crippen LogP contribution in [0.1, 0.15) is 18.1 Å². The summed E-state index contributed by atoms with van der Waals surface area (Å²) in [6.07, 6.45) is -12.1. The minimum atomic E-state index is -1.75. The Morgan fingerprint density at radius 3 is 2.15 bits per heavy atom. The number of carbonyl (C=O) groups excluding carboxylic acids is 1. The first-order valence-electron chi connectivity index (χ1n) is 14.5. The van der Waals surface area contributed by atoms with Crippen LogP contribution >= 0.6 is 0 Å². The van der Waals surface area contributed by atoms with Crippen molar-refractivity contribution in [3.63, 3.8) is 0 Å². The number of aliphatic hydroxyl groups is 5. The molecule has 2 aliphatic rings. The third-order valence-electron chi connectivity index (χ3n) is 7.68. The molecule has 2 aromatic carbocycles. The second kappa shape index (κ2) is 15.9. The highest BCUT2D eigenvalue weighted by molar-refractivity contribution is 5.87. The van der Waals surface area contributed by atoms with Crippen LogP contribution in [0.2, 0.25) is 0 Å². The molecule has 0 unspecified atom stereocenters. The number of benzene rings is 2. The van der Waals surface area contributed by atoms with Crippen molar-refractivity contribution in [1.82, 2.24) is 0 Å².